The van der Waals surface area contributed by atoms with Crippen LogP contribution in [-0.4, -0.2) is 33.9 Å². The summed E-state index contributed by atoms with van der Waals surface area (Å²) in [6, 6.07) is 4.91. The van der Waals surface area contributed by atoms with E-state index in [4.69, 9.17) is 9.90 Å². The number of fused-ring (bicyclic) bond motifs is 1. The summed E-state index contributed by atoms with van der Waals surface area (Å²) in [6.45, 7) is 5.34. The van der Waals surface area contributed by atoms with Gasteiger partial charge < -0.3 is 15.0 Å². The van der Waals surface area contributed by atoms with Crippen LogP contribution >= 0.6 is 0 Å². The second-order valence-electron chi connectivity index (χ2n) is 7.26. The quantitative estimate of drug-likeness (QED) is 0.850. The van der Waals surface area contributed by atoms with E-state index in [2.05, 4.69) is 29.8 Å². The Morgan fingerprint density at radius 3 is 2.42 bits per heavy atom. The van der Waals surface area contributed by atoms with Crippen LogP contribution in [0.15, 0.2) is 16.9 Å². The molecule has 0 saturated heterocycles. The molecule has 2 aliphatic rings. The fraction of sp³-hybridized carbons (Fsp3) is 0.667. The molecule has 0 aliphatic heterocycles. The number of carbonyl (C=O) groups is 1. The van der Waals surface area contributed by atoms with Crippen LogP contribution in [0.25, 0.3) is 0 Å². The lowest BCUT2D eigenvalue weighted by molar-refractivity contribution is -0.192. The molecule has 0 amide bonds. The molecule has 5 nitrogen and oxygen atoms in total. The van der Waals surface area contributed by atoms with Crippen molar-refractivity contribution in [3.8, 4) is 0 Å². The first-order valence-electron chi connectivity index (χ1n) is 8.85. The molecule has 0 aromatic carbocycles. The Kier molecular flexibility index (Phi) is 6.49. The van der Waals surface area contributed by atoms with Gasteiger partial charge in [-0.25, -0.2) is 4.79 Å². The third kappa shape index (κ3) is 5.86. The topological polar surface area (TPSA) is 71.3 Å². The monoisotopic (exact) mass is 374 g/mol. The van der Waals surface area contributed by atoms with Gasteiger partial charge in [0, 0.05) is 30.4 Å². The largest absolute Gasteiger partial charge is 0.490 e. The SMILES string of the molecule is CC(C)NC1CCc2c(ccc(=O)n2CC2CC2)C1.O=C(O)C(F)(F)F. The molecule has 0 radical (unpaired) electrons. The molecule has 1 fully saturated rings. The molecule has 2 N–H and O–H groups in total. The first-order valence-corrected chi connectivity index (χ1v) is 8.85. The van der Waals surface area contributed by atoms with Crippen LogP contribution in [0.4, 0.5) is 13.2 Å². The van der Waals surface area contributed by atoms with Crippen molar-refractivity contribution in [2.24, 2.45) is 5.92 Å². The molecule has 1 atom stereocenters. The number of aromatic nitrogens is 1. The number of carboxylic acids is 1. The second kappa shape index (κ2) is 8.24. The van der Waals surface area contributed by atoms with Crippen molar-refractivity contribution in [2.75, 3.05) is 0 Å². The summed E-state index contributed by atoms with van der Waals surface area (Å²) in [7, 11) is 0. The number of alkyl halides is 3. The van der Waals surface area contributed by atoms with Crippen LogP contribution in [0.2, 0.25) is 0 Å². The number of rotatable bonds is 4. The van der Waals surface area contributed by atoms with Crippen LogP contribution in [0, 0.1) is 5.92 Å². The standard InChI is InChI=1S/C16H24N2O.C2HF3O2/c1-11(2)17-14-6-7-15-13(9-14)5-8-16(19)18(15)10-12-3-4-12;3-2(4,5)1(6)7/h5,8,11-12,14,17H,3-4,6-7,9-10H2,1-2H3;(H,6,7). The van der Waals surface area contributed by atoms with Crippen molar-refractivity contribution in [1.29, 1.82) is 0 Å². The van der Waals surface area contributed by atoms with E-state index in [-0.39, 0.29) is 5.56 Å². The van der Waals surface area contributed by atoms with E-state index >= 15 is 0 Å². The lowest BCUT2D eigenvalue weighted by atomic mass is 9.91. The van der Waals surface area contributed by atoms with E-state index in [0.29, 0.717) is 12.1 Å². The summed E-state index contributed by atoms with van der Waals surface area (Å²) in [5.41, 5.74) is 2.88. The maximum atomic E-state index is 12.1. The maximum absolute atomic E-state index is 12.1. The fourth-order valence-electron chi connectivity index (χ4n) is 3.20. The van der Waals surface area contributed by atoms with Gasteiger partial charge in [0.05, 0.1) is 0 Å². The number of nitrogens with zero attached hydrogens (tertiary/aromatic N) is 1. The Hall–Kier alpha value is -1.83. The summed E-state index contributed by atoms with van der Waals surface area (Å²) in [6.07, 6.45) is 0.779. The number of carboxylic acid groups (broad SMARTS) is 1. The highest BCUT2D eigenvalue weighted by atomic mass is 19.4. The molecule has 1 heterocycles. The summed E-state index contributed by atoms with van der Waals surface area (Å²) < 4.78 is 33.8. The average Bonchev–Trinajstić information content (AvgIpc) is 3.33. The Balaban J connectivity index is 0.000000298. The Morgan fingerprint density at radius 1 is 1.31 bits per heavy atom. The molecule has 2 aliphatic carbocycles. The van der Waals surface area contributed by atoms with Gasteiger partial charge in [0.15, 0.2) is 0 Å². The Labute approximate surface area is 150 Å². The number of aliphatic carboxylic acids is 1. The zero-order chi connectivity index (χ0) is 19.5. The van der Waals surface area contributed by atoms with Crippen LogP contribution < -0.4 is 10.9 Å². The lowest BCUT2D eigenvalue weighted by Crippen LogP contribution is -2.40. The number of halogens is 3. The Morgan fingerprint density at radius 2 is 1.92 bits per heavy atom. The van der Waals surface area contributed by atoms with E-state index in [9.17, 15) is 18.0 Å². The number of pyridine rings is 1. The van der Waals surface area contributed by atoms with Crippen LogP contribution in [0.3, 0.4) is 0 Å². The highest BCUT2D eigenvalue weighted by molar-refractivity contribution is 5.73. The van der Waals surface area contributed by atoms with Gasteiger partial charge in [-0.1, -0.05) is 19.9 Å². The summed E-state index contributed by atoms with van der Waals surface area (Å²) in [5, 5.41) is 10.7. The summed E-state index contributed by atoms with van der Waals surface area (Å²) in [4.78, 5) is 21.0. The highest BCUT2D eigenvalue weighted by Crippen LogP contribution is 2.31. The van der Waals surface area contributed by atoms with Crippen molar-refractivity contribution in [3.63, 3.8) is 0 Å². The van der Waals surface area contributed by atoms with E-state index in [0.717, 1.165) is 31.7 Å². The molecule has 8 heteroatoms. The van der Waals surface area contributed by atoms with Gasteiger partial charge >= 0.3 is 12.1 Å². The molecule has 1 aromatic rings. The fourth-order valence-corrected chi connectivity index (χ4v) is 3.20. The van der Waals surface area contributed by atoms with E-state index in [1.165, 1.54) is 24.1 Å². The summed E-state index contributed by atoms with van der Waals surface area (Å²) >= 11 is 0. The number of hydrogen-bond donors (Lipinski definition) is 2. The van der Waals surface area contributed by atoms with Crippen molar-refractivity contribution >= 4 is 5.97 Å². The molecular formula is C18H25F3N2O3. The van der Waals surface area contributed by atoms with Crippen LogP contribution in [-0.2, 0) is 24.2 Å². The molecule has 1 aromatic heterocycles. The maximum Gasteiger partial charge on any atom is 0.490 e. The number of hydrogen-bond acceptors (Lipinski definition) is 3. The minimum atomic E-state index is -5.08. The molecule has 146 valence electrons. The number of nitrogens with one attached hydrogen (secondary N) is 1. The minimum absolute atomic E-state index is 0.195. The first-order chi connectivity index (χ1) is 12.1. The first kappa shape index (κ1) is 20.5. The minimum Gasteiger partial charge on any atom is -0.475 e. The van der Waals surface area contributed by atoms with Gasteiger partial charge in [0.25, 0.3) is 5.56 Å². The Bertz CT molecular complexity index is 694. The van der Waals surface area contributed by atoms with Gasteiger partial charge in [0.2, 0.25) is 0 Å². The van der Waals surface area contributed by atoms with Crippen molar-refractivity contribution in [1.82, 2.24) is 9.88 Å². The zero-order valence-corrected chi connectivity index (χ0v) is 15.0. The molecule has 1 saturated carbocycles. The highest BCUT2D eigenvalue weighted by Gasteiger charge is 2.38. The second-order valence-corrected chi connectivity index (χ2v) is 7.26. The van der Waals surface area contributed by atoms with Gasteiger partial charge in [-0.3, -0.25) is 4.79 Å². The van der Waals surface area contributed by atoms with Gasteiger partial charge in [-0.2, -0.15) is 13.2 Å². The normalized spacial score (nSPS) is 19.5. The third-order valence-corrected chi connectivity index (χ3v) is 4.53. The van der Waals surface area contributed by atoms with Gasteiger partial charge in [-0.15, -0.1) is 0 Å². The smallest absolute Gasteiger partial charge is 0.475 e. The predicted molar refractivity (Wildman–Crippen MR) is 91.2 cm³/mol. The molecule has 3 rings (SSSR count). The average molecular weight is 374 g/mol. The van der Waals surface area contributed by atoms with Crippen LogP contribution in [0.5, 0.6) is 0 Å². The zero-order valence-electron chi connectivity index (χ0n) is 15.0. The summed E-state index contributed by atoms with van der Waals surface area (Å²) in [5.74, 6) is -2.00. The predicted octanol–water partition coefficient (Wildman–Crippen LogP) is 2.75. The third-order valence-electron chi connectivity index (χ3n) is 4.53. The van der Waals surface area contributed by atoms with Gasteiger partial charge in [-0.05, 0) is 43.6 Å². The van der Waals surface area contributed by atoms with Gasteiger partial charge in [0.1, 0.15) is 0 Å². The van der Waals surface area contributed by atoms with E-state index in [1.807, 2.05) is 0 Å². The lowest BCUT2D eigenvalue weighted by Gasteiger charge is -2.29. The molecule has 0 spiro atoms. The van der Waals surface area contributed by atoms with Crippen LogP contribution in [0.1, 0.15) is 44.4 Å². The van der Waals surface area contributed by atoms with Crippen molar-refractivity contribution < 1.29 is 23.1 Å². The van der Waals surface area contributed by atoms with E-state index < -0.39 is 12.1 Å². The molecule has 0 bridgehead atoms. The van der Waals surface area contributed by atoms with Crippen molar-refractivity contribution in [2.45, 2.75) is 70.8 Å². The molecule has 1 unspecified atom stereocenters. The van der Waals surface area contributed by atoms with Crippen molar-refractivity contribution in [3.05, 3.63) is 33.7 Å². The molecular weight excluding hydrogens is 349 g/mol. The van der Waals surface area contributed by atoms with E-state index in [1.54, 1.807) is 6.07 Å². The molecule has 26 heavy (non-hydrogen) atoms.